The molecule has 0 radical (unpaired) electrons. The van der Waals surface area contributed by atoms with Crippen LogP contribution in [0.1, 0.15) is 35.4 Å². The summed E-state index contributed by atoms with van der Waals surface area (Å²) in [7, 11) is 0. The van der Waals surface area contributed by atoms with E-state index in [1.54, 1.807) is 30.3 Å². The number of ether oxygens (including phenoxy) is 1. The van der Waals surface area contributed by atoms with Gasteiger partial charge < -0.3 is 20.9 Å². The van der Waals surface area contributed by atoms with Gasteiger partial charge in [-0.3, -0.25) is 0 Å². The minimum atomic E-state index is 0.0155. The predicted octanol–water partition coefficient (Wildman–Crippen LogP) is 4.50. The van der Waals surface area contributed by atoms with E-state index < -0.39 is 0 Å². The molecule has 2 aromatic carbocycles. The number of aromatic nitrogens is 1. The first-order chi connectivity index (χ1) is 15.6. The third-order valence-corrected chi connectivity index (χ3v) is 5.62. The SMILES string of the molecule is [C-]#[N+]c1cccc(COc2cccc(O)c2-c2cc(C3CCCNC3)c(C#N)c(N)n2)c1. The number of piperidine rings is 1. The van der Waals surface area contributed by atoms with Crippen LogP contribution in [0.2, 0.25) is 0 Å². The minimum absolute atomic E-state index is 0.0155. The van der Waals surface area contributed by atoms with Crippen LogP contribution >= 0.6 is 0 Å². The second-order valence-corrected chi connectivity index (χ2v) is 7.73. The second kappa shape index (κ2) is 9.38. The number of rotatable bonds is 5. The van der Waals surface area contributed by atoms with Crippen molar-refractivity contribution < 1.29 is 9.84 Å². The molecular formula is C25H23N5O2. The fourth-order valence-electron chi connectivity index (χ4n) is 4.05. The standard InChI is InChI=1S/C25H23N5O2/c1-28-18-7-2-5-16(11-18)15-32-23-9-3-8-22(31)24(23)21-12-19(17-6-4-10-29-14-17)20(13-26)25(27)30-21/h2-3,5,7-9,11-12,17,29,31H,4,6,10,14-15H2,(H2,27,30). The van der Waals surface area contributed by atoms with Crippen LogP contribution in [0.15, 0.2) is 48.5 Å². The highest BCUT2D eigenvalue weighted by Crippen LogP contribution is 2.40. The van der Waals surface area contributed by atoms with E-state index in [-0.39, 0.29) is 24.1 Å². The van der Waals surface area contributed by atoms with Crippen molar-refractivity contribution in [2.75, 3.05) is 18.8 Å². The monoisotopic (exact) mass is 425 g/mol. The summed E-state index contributed by atoms with van der Waals surface area (Å²) in [6, 6.07) is 16.2. The fourth-order valence-corrected chi connectivity index (χ4v) is 4.05. The summed E-state index contributed by atoms with van der Waals surface area (Å²) in [5.41, 5.74) is 9.66. The molecule has 0 saturated carbocycles. The molecule has 1 unspecified atom stereocenters. The molecule has 0 aliphatic carbocycles. The molecule has 7 heteroatoms. The summed E-state index contributed by atoms with van der Waals surface area (Å²) in [5.74, 6) is 0.753. The van der Waals surface area contributed by atoms with Crippen molar-refractivity contribution >= 4 is 11.5 Å². The lowest BCUT2D eigenvalue weighted by Gasteiger charge is -2.25. The zero-order valence-electron chi connectivity index (χ0n) is 17.5. The largest absolute Gasteiger partial charge is 0.507 e. The maximum atomic E-state index is 10.7. The fraction of sp³-hybridized carbons (Fsp3) is 0.240. The second-order valence-electron chi connectivity index (χ2n) is 7.73. The van der Waals surface area contributed by atoms with E-state index >= 15 is 0 Å². The molecule has 1 aromatic heterocycles. The Balaban J connectivity index is 1.72. The molecule has 4 N–H and O–H groups in total. The van der Waals surface area contributed by atoms with Crippen LogP contribution in [0, 0.1) is 17.9 Å². The number of phenols is 1. The van der Waals surface area contributed by atoms with Crippen molar-refractivity contribution in [2.24, 2.45) is 0 Å². The lowest BCUT2D eigenvalue weighted by molar-refractivity contribution is 0.306. The number of nitrogen functional groups attached to an aromatic ring is 1. The molecule has 7 nitrogen and oxygen atoms in total. The topological polar surface area (TPSA) is 109 Å². The van der Waals surface area contributed by atoms with Crippen molar-refractivity contribution in [3.8, 4) is 28.8 Å². The first-order valence-electron chi connectivity index (χ1n) is 10.4. The number of nitrogens with two attached hydrogens (primary N) is 1. The summed E-state index contributed by atoms with van der Waals surface area (Å²) in [6.07, 6.45) is 1.97. The van der Waals surface area contributed by atoms with Crippen LogP contribution in [-0.2, 0) is 6.61 Å². The minimum Gasteiger partial charge on any atom is -0.507 e. The molecule has 2 heterocycles. The van der Waals surface area contributed by atoms with Crippen molar-refractivity contribution in [3.63, 3.8) is 0 Å². The molecule has 32 heavy (non-hydrogen) atoms. The van der Waals surface area contributed by atoms with E-state index in [9.17, 15) is 10.4 Å². The van der Waals surface area contributed by atoms with E-state index in [4.69, 9.17) is 17.0 Å². The Morgan fingerprint density at radius 1 is 1.28 bits per heavy atom. The molecular weight excluding hydrogens is 402 g/mol. The van der Waals surface area contributed by atoms with Gasteiger partial charge in [0.1, 0.15) is 30.0 Å². The first-order valence-corrected chi connectivity index (χ1v) is 10.4. The van der Waals surface area contributed by atoms with Gasteiger partial charge in [-0.2, -0.15) is 5.26 Å². The summed E-state index contributed by atoms with van der Waals surface area (Å²) < 4.78 is 6.02. The third kappa shape index (κ3) is 4.34. The van der Waals surface area contributed by atoms with Crippen LogP contribution in [0.4, 0.5) is 11.5 Å². The zero-order chi connectivity index (χ0) is 22.5. The molecule has 4 rings (SSSR count). The summed E-state index contributed by atoms with van der Waals surface area (Å²) in [4.78, 5) is 7.87. The van der Waals surface area contributed by atoms with Crippen LogP contribution in [0.5, 0.6) is 11.5 Å². The van der Waals surface area contributed by atoms with Crippen LogP contribution in [0.3, 0.4) is 0 Å². The number of nitrogens with zero attached hydrogens (tertiary/aromatic N) is 3. The Morgan fingerprint density at radius 3 is 2.88 bits per heavy atom. The van der Waals surface area contributed by atoms with Crippen molar-refractivity contribution in [1.29, 1.82) is 5.26 Å². The Bertz CT molecular complexity index is 1220. The lowest BCUT2D eigenvalue weighted by Crippen LogP contribution is -2.29. The quantitative estimate of drug-likeness (QED) is 0.519. The number of aromatic hydroxyl groups is 1. The van der Waals surface area contributed by atoms with Gasteiger partial charge in [0, 0.05) is 6.54 Å². The molecule has 0 amide bonds. The molecule has 1 aliphatic heterocycles. The highest BCUT2D eigenvalue weighted by atomic mass is 16.5. The molecule has 0 spiro atoms. The average Bonchev–Trinajstić information content (AvgIpc) is 2.83. The van der Waals surface area contributed by atoms with E-state index in [0.29, 0.717) is 28.3 Å². The van der Waals surface area contributed by atoms with Gasteiger partial charge in [0.2, 0.25) is 0 Å². The van der Waals surface area contributed by atoms with Gasteiger partial charge in [0.15, 0.2) is 5.69 Å². The summed E-state index contributed by atoms with van der Waals surface area (Å²) in [5, 5.41) is 23.7. The Labute approximate surface area is 186 Å². The molecule has 1 atom stereocenters. The average molecular weight is 425 g/mol. The maximum absolute atomic E-state index is 10.7. The van der Waals surface area contributed by atoms with Gasteiger partial charge >= 0.3 is 0 Å². The van der Waals surface area contributed by atoms with E-state index in [2.05, 4.69) is 21.2 Å². The van der Waals surface area contributed by atoms with Gasteiger partial charge in [0.25, 0.3) is 0 Å². The van der Waals surface area contributed by atoms with Gasteiger partial charge in [0.05, 0.1) is 23.4 Å². The maximum Gasteiger partial charge on any atom is 0.187 e. The zero-order valence-corrected chi connectivity index (χ0v) is 17.5. The highest BCUT2D eigenvalue weighted by molar-refractivity contribution is 5.76. The number of nitrogens with one attached hydrogen (secondary N) is 1. The number of benzene rings is 2. The van der Waals surface area contributed by atoms with E-state index in [1.807, 2.05) is 18.2 Å². The predicted molar refractivity (Wildman–Crippen MR) is 122 cm³/mol. The molecule has 1 fully saturated rings. The highest BCUT2D eigenvalue weighted by Gasteiger charge is 2.23. The van der Waals surface area contributed by atoms with Crippen LogP contribution < -0.4 is 15.8 Å². The van der Waals surface area contributed by atoms with Crippen LogP contribution in [-0.4, -0.2) is 23.2 Å². The van der Waals surface area contributed by atoms with Gasteiger partial charge in [-0.25, -0.2) is 9.83 Å². The van der Waals surface area contributed by atoms with Crippen molar-refractivity contribution in [2.45, 2.75) is 25.4 Å². The molecule has 3 aromatic rings. The molecule has 1 aliphatic rings. The summed E-state index contributed by atoms with van der Waals surface area (Å²) >= 11 is 0. The van der Waals surface area contributed by atoms with Crippen molar-refractivity contribution in [1.82, 2.24) is 10.3 Å². The van der Waals surface area contributed by atoms with Gasteiger partial charge in [-0.05, 0) is 60.7 Å². The van der Waals surface area contributed by atoms with Crippen molar-refractivity contribution in [3.05, 3.63) is 76.6 Å². The Kier molecular flexibility index (Phi) is 6.21. The normalized spacial score (nSPS) is 15.5. The van der Waals surface area contributed by atoms with Gasteiger partial charge in [-0.1, -0.05) is 24.3 Å². The van der Waals surface area contributed by atoms with Gasteiger partial charge in [-0.15, -0.1) is 0 Å². The number of anilines is 1. The number of nitriles is 1. The lowest BCUT2D eigenvalue weighted by atomic mass is 9.88. The van der Waals surface area contributed by atoms with E-state index in [0.717, 1.165) is 37.1 Å². The van der Waals surface area contributed by atoms with Crippen LogP contribution in [0.25, 0.3) is 16.1 Å². The smallest absolute Gasteiger partial charge is 0.187 e. The molecule has 0 bridgehead atoms. The Hall–Kier alpha value is -4.07. The number of hydrogen-bond acceptors (Lipinski definition) is 6. The number of pyridine rings is 1. The number of hydrogen-bond donors (Lipinski definition) is 3. The van der Waals surface area contributed by atoms with E-state index in [1.165, 1.54) is 0 Å². The first kappa shape index (κ1) is 21.2. The third-order valence-electron chi connectivity index (χ3n) is 5.62. The number of phenolic OH excluding ortho intramolecular Hbond substituents is 1. The Morgan fingerprint density at radius 2 is 2.12 bits per heavy atom. The summed E-state index contributed by atoms with van der Waals surface area (Å²) in [6.45, 7) is 9.12. The molecule has 160 valence electrons. The molecule has 1 saturated heterocycles.